The number of hydrogen-bond acceptors (Lipinski definition) is 5. The van der Waals surface area contributed by atoms with Gasteiger partial charge in [-0.2, -0.15) is 0 Å². The molecule has 2 heterocycles. The summed E-state index contributed by atoms with van der Waals surface area (Å²) in [5.41, 5.74) is 1.60. The summed E-state index contributed by atoms with van der Waals surface area (Å²) in [6.07, 6.45) is 1.25. The third kappa shape index (κ3) is 5.55. The number of methoxy groups -OCH3 is 1. The number of pyridine rings is 1. The first kappa shape index (κ1) is 21.9. The molecule has 0 saturated heterocycles. The number of benzene rings is 1. The molecule has 0 spiro atoms. The van der Waals surface area contributed by atoms with E-state index in [-0.39, 0.29) is 24.0 Å². The number of fused-ring (bicyclic) bond motifs is 1. The van der Waals surface area contributed by atoms with Crippen LogP contribution in [0.3, 0.4) is 0 Å². The highest BCUT2D eigenvalue weighted by molar-refractivity contribution is 14.0. The Hall–Kier alpha value is -2.40. The van der Waals surface area contributed by atoms with Gasteiger partial charge in [-0.25, -0.2) is 4.99 Å². The third-order valence-electron chi connectivity index (χ3n) is 4.07. The van der Waals surface area contributed by atoms with Gasteiger partial charge in [0.2, 0.25) is 0 Å². The van der Waals surface area contributed by atoms with E-state index in [1.807, 2.05) is 60.0 Å². The monoisotopic (exact) mass is 496 g/mol. The maximum atomic E-state index is 10.4. The number of rotatable bonds is 7. The van der Waals surface area contributed by atoms with Crippen molar-refractivity contribution in [2.45, 2.75) is 19.6 Å². The molecule has 1 atom stereocenters. The second-order valence-electron chi connectivity index (χ2n) is 5.91. The topological polar surface area (TPSA) is 96.1 Å². The summed E-state index contributed by atoms with van der Waals surface area (Å²) in [5, 5.41) is 25.0. The Morgan fingerprint density at radius 1 is 1.18 bits per heavy atom. The lowest BCUT2D eigenvalue weighted by Crippen LogP contribution is -2.39. The third-order valence-corrected chi connectivity index (χ3v) is 4.07. The van der Waals surface area contributed by atoms with E-state index in [2.05, 4.69) is 25.8 Å². The number of aliphatic hydroxyl groups is 1. The van der Waals surface area contributed by atoms with E-state index in [4.69, 9.17) is 4.74 Å². The van der Waals surface area contributed by atoms with Gasteiger partial charge in [0, 0.05) is 19.3 Å². The van der Waals surface area contributed by atoms with Gasteiger partial charge >= 0.3 is 0 Å². The Balaban J connectivity index is 0.00000280. The minimum absolute atomic E-state index is 0. The van der Waals surface area contributed by atoms with Crippen LogP contribution in [0.15, 0.2) is 53.7 Å². The SMILES string of the molecule is CCNC(=NCc1nnc2ccccn12)NCC(O)c1ccc(OC)cc1.I. The summed E-state index contributed by atoms with van der Waals surface area (Å²) in [7, 11) is 1.62. The molecule has 0 bridgehead atoms. The number of ether oxygens (including phenoxy) is 1. The Morgan fingerprint density at radius 2 is 1.96 bits per heavy atom. The minimum Gasteiger partial charge on any atom is -0.497 e. The van der Waals surface area contributed by atoms with Crippen LogP contribution in [-0.4, -0.2) is 45.9 Å². The fraction of sp³-hybridized carbons (Fsp3) is 0.316. The van der Waals surface area contributed by atoms with Crippen LogP contribution in [0, 0.1) is 0 Å². The number of nitrogens with one attached hydrogen (secondary N) is 2. The maximum absolute atomic E-state index is 10.4. The van der Waals surface area contributed by atoms with Crippen molar-refractivity contribution < 1.29 is 9.84 Å². The summed E-state index contributed by atoms with van der Waals surface area (Å²) >= 11 is 0. The van der Waals surface area contributed by atoms with Gasteiger partial charge in [-0.15, -0.1) is 34.2 Å². The Bertz CT molecular complexity index is 897. The van der Waals surface area contributed by atoms with E-state index in [9.17, 15) is 5.11 Å². The molecule has 8 nitrogen and oxygen atoms in total. The van der Waals surface area contributed by atoms with Crippen LogP contribution in [0.4, 0.5) is 0 Å². The fourth-order valence-corrected chi connectivity index (χ4v) is 2.63. The van der Waals surface area contributed by atoms with E-state index in [1.165, 1.54) is 0 Å². The Kier molecular flexibility index (Phi) is 8.45. The number of nitrogens with zero attached hydrogens (tertiary/aromatic N) is 4. The van der Waals surface area contributed by atoms with Crippen molar-refractivity contribution in [3.63, 3.8) is 0 Å². The molecule has 2 aromatic heterocycles. The van der Waals surface area contributed by atoms with Gasteiger partial charge in [-0.05, 0) is 36.8 Å². The number of aliphatic imine (C=N–C) groups is 1. The molecular weight excluding hydrogens is 471 g/mol. The summed E-state index contributed by atoms with van der Waals surface area (Å²) in [4.78, 5) is 4.54. The van der Waals surface area contributed by atoms with Crippen LogP contribution < -0.4 is 15.4 Å². The fourth-order valence-electron chi connectivity index (χ4n) is 2.63. The number of hydrogen-bond donors (Lipinski definition) is 3. The molecule has 0 radical (unpaired) electrons. The van der Waals surface area contributed by atoms with Crippen molar-refractivity contribution >= 4 is 35.6 Å². The van der Waals surface area contributed by atoms with E-state index in [0.29, 0.717) is 25.6 Å². The lowest BCUT2D eigenvalue weighted by molar-refractivity contribution is 0.180. The highest BCUT2D eigenvalue weighted by Crippen LogP contribution is 2.16. The van der Waals surface area contributed by atoms with E-state index < -0.39 is 6.10 Å². The molecule has 0 fully saturated rings. The quantitative estimate of drug-likeness (QED) is 0.264. The Morgan fingerprint density at radius 3 is 2.68 bits per heavy atom. The molecule has 0 aliphatic carbocycles. The van der Waals surface area contributed by atoms with Gasteiger partial charge in [-0.1, -0.05) is 18.2 Å². The molecule has 3 rings (SSSR count). The smallest absolute Gasteiger partial charge is 0.191 e. The molecule has 0 saturated carbocycles. The predicted molar refractivity (Wildman–Crippen MR) is 119 cm³/mol. The molecule has 1 unspecified atom stereocenters. The van der Waals surface area contributed by atoms with E-state index in [0.717, 1.165) is 22.8 Å². The molecule has 9 heteroatoms. The van der Waals surface area contributed by atoms with Gasteiger partial charge in [0.25, 0.3) is 0 Å². The molecular formula is C19H25IN6O2. The van der Waals surface area contributed by atoms with Crippen LogP contribution in [-0.2, 0) is 6.54 Å². The molecule has 3 aromatic rings. The van der Waals surface area contributed by atoms with Crippen molar-refractivity contribution in [3.8, 4) is 5.75 Å². The molecule has 0 amide bonds. The molecule has 3 N–H and O–H groups in total. The second kappa shape index (κ2) is 10.8. The van der Waals surface area contributed by atoms with E-state index >= 15 is 0 Å². The molecule has 28 heavy (non-hydrogen) atoms. The van der Waals surface area contributed by atoms with Crippen LogP contribution in [0.2, 0.25) is 0 Å². The first-order valence-electron chi connectivity index (χ1n) is 8.84. The number of guanidine groups is 1. The zero-order valence-electron chi connectivity index (χ0n) is 15.9. The average molecular weight is 496 g/mol. The van der Waals surface area contributed by atoms with Crippen molar-refractivity contribution in [2.24, 2.45) is 4.99 Å². The highest BCUT2D eigenvalue weighted by atomic mass is 127. The van der Waals surface area contributed by atoms with Crippen LogP contribution in [0.5, 0.6) is 5.75 Å². The summed E-state index contributed by atoms with van der Waals surface area (Å²) < 4.78 is 7.04. The number of aliphatic hydroxyl groups excluding tert-OH is 1. The lowest BCUT2D eigenvalue weighted by Gasteiger charge is -2.15. The number of halogens is 1. The predicted octanol–water partition coefficient (Wildman–Crippen LogP) is 2.14. The largest absolute Gasteiger partial charge is 0.497 e. The first-order valence-corrected chi connectivity index (χ1v) is 8.84. The van der Waals surface area contributed by atoms with Crippen LogP contribution in [0.1, 0.15) is 24.4 Å². The van der Waals surface area contributed by atoms with E-state index in [1.54, 1.807) is 7.11 Å². The number of aromatic nitrogens is 3. The van der Waals surface area contributed by atoms with Gasteiger partial charge in [0.1, 0.15) is 12.3 Å². The van der Waals surface area contributed by atoms with Crippen molar-refractivity contribution in [1.82, 2.24) is 25.2 Å². The van der Waals surface area contributed by atoms with Gasteiger partial charge in [0.05, 0.1) is 13.2 Å². The molecule has 0 aliphatic rings. The van der Waals surface area contributed by atoms with Gasteiger partial charge < -0.3 is 20.5 Å². The van der Waals surface area contributed by atoms with Crippen molar-refractivity contribution in [1.29, 1.82) is 0 Å². The van der Waals surface area contributed by atoms with Crippen LogP contribution in [0.25, 0.3) is 5.65 Å². The van der Waals surface area contributed by atoms with Crippen LogP contribution >= 0.6 is 24.0 Å². The van der Waals surface area contributed by atoms with Gasteiger partial charge in [0.15, 0.2) is 17.4 Å². The normalized spacial score (nSPS) is 12.3. The summed E-state index contributed by atoms with van der Waals surface area (Å²) in [5.74, 6) is 2.12. The van der Waals surface area contributed by atoms with Crippen molar-refractivity contribution in [2.75, 3.05) is 20.2 Å². The standard InChI is InChI=1S/C19H24N6O2.HI/c1-3-20-19(21-12-16(26)14-7-9-15(27-2)10-8-14)22-13-18-24-23-17-6-4-5-11-25(17)18;/h4-11,16,26H,3,12-13H2,1-2H3,(H2,20,21,22);1H. The summed E-state index contributed by atoms with van der Waals surface area (Å²) in [6.45, 7) is 3.41. The molecule has 1 aromatic carbocycles. The molecule has 150 valence electrons. The zero-order valence-corrected chi connectivity index (χ0v) is 18.2. The summed E-state index contributed by atoms with van der Waals surface area (Å²) in [6, 6.07) is 13.1. The maximum Gasteiger partial charge on any atom is 0.191 e. The van der Waals surface area contributed by atoms with Crippen molar-refractivity contribution in [3.05, 3.63) is 60.0 Å². The zero-order chi connectivity index (χ0) is 19.1. The molecule has 0 aliphatic heterocycles. The Labute approximate surface area is 181 Å². The second-order valence-corrected chi connectivity index (χ2v) is 5.91. The first-order chi connectivity index (χ1) is 13.2. The highest BCUT2D eigenvalue weighted by Gasteiger charge is 2.09. The lowest BCUT2D eigenvalue weighted by atomic mass is 10.1. The average Bonchev–Trinajstić information content (AvgIpc) is 3.13. The van der Waals surface area contributed by atoms with Gasteiger partial charge in [-0.3, -0.25) is 4.40 Å². The minimum atomic E-state index is -0.659.